The van der Waals surface area contributed by atoms with Crippen molar-refractivity contribution in [1.82, 2.24) is 10.2 Å². The zero-order chi connectivity index (χ0) is 17.3. The fourth-order valence-electron chi connectivity index (χ4n) is 2.50. The van der Waals surface area contributed by atoms with Crippen molar-refractivity contribution >= 4 is 15.8 Å². The van der Waals surface area contributed by atoms with E-state index in [1.807, 2.05) is 4.90 Å². The molecular weight excluding hydrogens is 321 g/mol. The van der Waals surface area contributed by atoms with E-state index in [0.29, 0.717) is 31.2 Å². The van der Waals surface area contributed by atoms with Gasteiger partial charge in [-0.1, -0.05) is 6.07 Å². The highest BCUT2D eigenvalue weighted by molar-refractivity contribution is 7.92. The third-order valence-corrected chi connectivity index (χ3v) is 6.55. The molecule has 0 radical (unpaired) electrons. The van der Waals surface area contributed by atoms with Crippen LogP contribution in [0.1, 0.15) is 19.4 Å². The van der Waals surface area contributed by atoms with Gasteiger partial charge in [0.25, 0.3) is 0 Å². The monoisotopic (exact) mass is 343 g/mol. The molecule has 0 bridgehead atoms. The van der Waals surface area contributed by atoms with Crippen molar-refractivity contribution in [3.63, 3.8) is 0 Å². The third kappa shape index (κ3) is 3.74. The lowest BCUT2D eigenvalue weighted by Gasteiger charge is -2.39. The molecular formula is C15H22FN3O3S. The minimum atomic E-state index is -3.11. The van der Waals surface area contributed by atoms with Gasteiger partial charge in [-0.15, -0.1) is 0 Å². The fourth-order valence-corrected chi connectivity index (χ4v) is 3.86. The van der Waals surface area contributed by atoms with Crippen molar-refractivity contribution in [2.24, 2.45) is 4.99 Å². The smallest absolute Gasteiger partial charge is 0.193 e. The normalized spacial score (nSPS) is 20.3. The third-order valence-electron chi connectivity index (χ3n) is 4.02. The summed E-state index contributed by atoms with van der Waals surface area (Å²) in [5.41, 5.74) is 0.658. The SMILES string of the molecule is CN=C(NCc1ccc(O)c(F)c1)N1CCS(=O)(=O)C(C)(C)C1. The molecule has 0 aliphatic carbocycles. The first-order valence-corrected chi connectivity index (χ1v) is 8.97. The summed E-state index contributed by atoms with van der Waals surface area (Å²) >= 11 is 0. The molecule has 1 aliphatic heterocycles. The van der Waals surface area contributed by atoms with Crippen LogP contribution < -0.4 is 5.32 Å². The molecule has 6 nitrogen and oxygen atoms in total. The summed E-state index contributed by atoms with van der Waals surface area (Å²) in [4.78, 5) is 6.06. The Morgan fingerprint density at radius 1 is 1.48 bits per heavy atom. The van der Waals surface area contributed by atoms with Crippen LogP contribution in [0.5, 0.6) is 5.75 Å². The van der Waals surface area contributed by atoms with E-state index >= 15 is 0 Å². The minimum Gasteiger partial charge on any atom is -0.505 e. The van der Waals surface area contributed by atoms with E-state index in [2.05, 4.69) is 10.3 Å². The first-order valence-electron chi connectivity index (χ1n) is 7.31. The van der Waals surface area contributed by atoms with Gasteiger partial charge in [-0.25, -0.2) is 12.8 Å². The van der Waals surface area contributed by atoms with Gasteiger partial charge in [-0.2, -0.15) is 0 Å². The van der Waals surface area contributed by atoms with Gasteiger partial charge >= 0.3 is 0 Å². The first-order chi connectivity index (χ1) is 10.7. The van der Waals surface area contributed by atoms with Gasteiger partial charge in [0.05, 0.1) is 10.5 Å². The number of hydrogen-bond acceptors (Lipinski definition) is 4. The van der Waals surface area contributed by atoms with Gasteiger partial charge in [0.1, 0.15) is 0 Å². The van der Waals surface area contributed by atoms with E-state index < -0.39 is 20.4 Å². The summed E-state index contributed by atoms with van der Waals surface area (Å²) in [5.74, 6) is -0.416. The van der Waals surface area contributed by atoms with Crippen molar-refractivity contribution < 1.29 is 17.9 Å². The molecule has 0 atom stereocenters. The molecule has 128 valence electrons. The number of aromatic hydroxyl groups is 1. The quantitative estimate of drug-likeness (QED) is 0.621. The van der Waals surface area contributed by atoms with Crippen LogP contribution in [0.3, 0.4) is 0 Å². The van der Waals surface area contributed by atoms with Crippen LogP contribution in [0.25, 0.3) is 0 Å². The number of sulfone groups is 1. The number of hydrogen-bond donors (Lipinski definition) is 2. The van der Waals surface area contributed by atoms with E-state index in [4.69, 9.17) is 0 Å². The van der Waals surface area contributed by atoms with Crippen molar-refractivity contribution in [1.29, 1.82) is 0 Å². The second kappa shape index (κ2) is 6.35. The van der Waals surface area contributed by atoms with Crippen LogP contribution in [0.4, 0.5) is 4.39 Å². The van der Waals surface area contributed by atoms with Crippen LogP contribution in [0.15, 0.2) is 23.2 Å². The summed E-state index contributed by atoms with van der Waals surface area (Å²) in [7, 11) is -1.49. The fraction of sp³-hybridized carbons (Fsp3) is 0.533. The number of rotatable bonds is 2. The number of phenolic OH excluding ortho intramolecular Hbond substituents is 1. The lowest BCUT2D eigenvalue weighted by Crippen LogP contribution is -2.57. The maximum Gasteiger partial charge on any atom is 0.193 e. The number of guanidine groups is 1. The van der Waals surface area contributed by atoms with Gasteiger partial charge in [0.2, 0.25) is 0 Å². The molecule has 1 aromatic rings. The average Bonchev–Trinajstić information content (AvgIpc) is 2.47. The lowest BCUT2D eigenvalue weighted by atomic mass is 10.2. The Labute approximate surface area is 136 Å². The number of nitrogens with one attached hydrogen (secondary N) is 1. The zero-order valence-corrected chi connectivity index (χ0v) is 14.3. The Morgan fingerprint density at radius 2 is 2.17 bits per heavy atom. The highest BCUT2D eigenvalue weighted by Crippen LogP contribution is 2.23. The minimum absolute atomic E-state index is 0.0779. The molecule has 1 aliphatic rings. The Bertz CT molecular complexity index is 717. The highest BCUT2D eigenvalue weighted by Gasteiger charge is 2.40. The Morgan fingerprint density at radius 3 is 2.74 bits per heavy atom. The standard InChI is InChI=1S/C15H22FN3O3S/c1-15(2)10-19(6-7-23(15,21)22)14(17-3)18-9-11-4-5-13(20)12(16)8-11/h4-5,8,20H,6-7,9-10H2,1-3H3,(H,17,18). The molecule has 2 N–H and O–H groups in total. The van der Waals surface area contributed by atoms with Gasteiger partial charge in [-0.3, -0.25) is 4.99 Å². The molecule has 0 saturated carbocycles. The number of phenols is 1. The predicted molar refractivity (Wildman–Crippen MR) is 87.7 cm³/mol. The maximum atomic E-state index is 13.3. The van der Waals surface area contributed by atoms with Crippen LogP contribution in [-0.4, -0.2) is 55.0 Å². The highest BCUT2D eigenvalue weighted by atomic mass is 32.2. The van der Waals surface area contributed by atoms with Crippen molar-refractivity contribution in [3.05, 3.63) is 29.6 Å². The van der Waals surface area contributed by atoms with E-state index in [-0.39, 0.29) is 11.5 Å². The van der Waals surface area contributed by atoms with Crippen LogP contribution in [-0.2, 0) is 16.4 Å². The Kier molecular flexibility index (Phi) is 4.84. The number of nitrogens with zero attached hydrogens (tertiary/aromatic N) is 2. The Hall–Kier alpha value is -1.83. The number of benzene rings is 1. The summed E-state index contributed by atoms with van der Waals surface area (Å²) in [6.07, 6.45) is 0. The zero-order valence-electron chi connectivity index (χ0n) is 13.5. The summed E-state index contributed by atoms with van der Waals surface area (Å²) in [5, 5.41) is 12.3. The van der Waals surface area contributed by atoms with Crippen LogP contribution in [0.2, 0.25) is 0 Å². The van der Waals surface area contributed by atoms with Gasteiger partial charge in [0, 0.05) is 26.7 Å². The average molecular weight is 343 g/mol. The van der Waals surface area contributed by atoms with E-state index in [9.17, 15) is 17.9 Å². The van der Waals surface area contributed by atoms with Crippen LogP contribution >= 0.6 is 0 Å². The molecule has 23 heavy (non-hydrogen) atoms. The van der Waals surface area contributed by atoms with Gasteiger partial charge in [0.15, 0.2) is 27.4 Å². The Balaban J connectivity index is 2.05. The number of aliphatic imine (C=N–C) groups is 1. The molecule has 1 fully saturated rings. The van der Waals surface area contributed by atoms with Crippen molar-refractivity contribution in [2.75, 3.05) is 25.9 Å². The molecule has 1 heterocycles. The van der Waals surface area contributed by atoms with E-state index in [0.717, 1.165) is 0 Å². The summed E-state index contributed by atoms with van der Waals surface area (Å²) in [6.45, 7) is 4.45. The molecule has 0 spiro atoms. The lowest BCUT2D eigenvalue weighted by molar-refractivity contribution is 0.353. The molecule has 0 unspecified atom stereocenters. The second-order valence-corrected chi connectivity index (χ2v) is 8.93. The molecule has 1 saturated heterocycles. The van der Waals surface area contributed by atoms with Crippen molar-refractivity contribution in [3.8, 4) is 5.75 Å². The molecule has 8 heteroatoms. The largest absolute Gasteiger partial charge is 0.505 e. The van der Waals surface area contributed by atoms with Gasteiger partial charge < -0.3 is 15.3 Å². The van der Waals surface area contributed by atoms with E-state index in [1.165, 1.54) is 12.1 Å². The summed E-state index contributed by atoms with van der Waals surface area (Å²) < 4.78 is 36.6. The molecule has 2 rings (SSSR count). The maximum absolute atomic E-state index is 13.3. The molecule has 1 aromatic carbocycles. The second-order valence-electron chi connectivity index (χ2n) is 6.19. The molecule has 0 aromatic heterocycles. The predicted octanol–water partition coefficient (Wildman–Crippen LogP) is 1.12. The van der Waals surface area contributed by atoms with Gasteiger partial charge in [-0.05, 0) is 31.5 Å². The molecule has 0 amide bonds. The van der Waals surface area contributed by atoms with Crippen LogP contribution in [0, 0.1) is 5.82 Å². The number of halogens is 1. The summed E-state index contributed by atoms with van der Waals surface area (Å²) in [6, 6.07) is 4.16. The topological polar surface area (TPSA) is 82.0 Å². The van der Waals surface area contributed by atoms with E-state index in [1.54, 1.807) is 27.0 Å². The first kappa shape index (κ1) is 17.5. The van der Waals surface area contributed by atoms with Crippen molar-refractivity contribution in [2.45, 2.75) is 25.1 Å².